The number of rotatable bonds is 3. The Balaban J connectivity index is 0.00000169. The SMILES string of the molecule is Cl.O=C(NCc1cccc2c1OCO2)C1Cc2ccccc2CN1. The molecule has 0 saturated heterocycles. The lowest BCUT2D eigenvalue weighted by atomic mass is 9.95. The van der Waals surface area contributed by atoms with E-state index in [1.54, 1.807) is 0 Å². The minimum atomic E-state index is -0.196. The summed E-state index contributed by atoms with van der Waals surface area (Å²) in [5.74, 6) is 1.48. The molecular weight excluding hydrogens is 328 g/mol. The second-order valence-electron chi connectivity index (χ2n) is 5.78. The standard InChI is InChI=1S/C18H18N2O3.ClH/c21-18(15-8-12-4-1-2-5-13(12)9-19-15)20-10-14-6-3-7-16-17(14)23-11-22-16;/h1-7,15,19H,8-11H2,(H,20,21);1H. The van der Waals surface area contributed by atoms with Crippen LogP contribution in [0.2, 0.25) is 0 Å². The number of nitrogens with one attached hydrogen (secondary N) is 2. The van der Waals surface area contributed by atoms with E-state index in [1.165, 1.54) is 11.1 Å². The van der Waals surface area contributed by atoms with Crippen molar-refractivity contribution in [1.29, 1.82) is 0 Å². The zero-order valence-corrected chi connectivity index (χ0v) is 13.9. The van der Waals surface area contributed by atoms with E-state index in [-0.39, 0.29) is 31.1 Å². The monoisotopic (exact) mass is 346 g/mol. The molecule has 2 aromatic rings. The van der Waals surface area contributed by atoms with Crippen LogP contribution in [-0.2, 0) is 24.3 Å². The molecule has 24 heavy (non-hydrogen) atoms. The van der Waals surface area contributed by atoms with Gasteiger partial charge in [-0.3, -0.25) is 4.79 Å². The van der Waals surface area contributed by atoms with Crippen LogP contribution in [-0.4, -0.2) is 18.7 Å². The van der Waals surface area contributed by atoms with Crippen LogP contribution in [0.15, 0.2) is 42.5 Å². The fourth-order valence-electron chi connectivity index (χ4n) is 3.08. The van der Waals surface area contributed by atoms with E-state index < -0.39 is 0 Å². The molecule has 2 aliphatic heterocycles. The molecule has 0 bridgehead atoms. The fourth-order valence-corrected chi connectivity index (χ4v) is 3.08. The van der Waals surface area contributed by atoms with E-state index in [4.69, 9.17) is 9.47 Å². The Morgan fingerprint density at radius 1 is 1.12 bits per heavy atom. The molecule has 126 valence electrons. The smallest absolute Gasteiger partial charge is 0.237 e. The van der Waals surface area contributed by atoms with Crippen molar-refractivity contribution >= 4 is 18.3 Å². The molecule has 1 unspecified atom stereocenters. The maximum absolute atomic E-state index is 12.4. The number of hydrogen-bond donors (Lipinski definition) is 2. The van der Waals surface area contributed by atoms with Gasteiger partial charge in [-0.05, 0) is 23.6 Å². The van der Waals surface area contributed by atoms with Gasteiger partial charge in [0.25, 0.3) is 0 Å². The van der Waals surface area contributed by atoms with Gasteiger partial charge in [0, 0.05) is 18.7 Å². The van der Waals surface area contributed by atoms with E-state index in [0.29, 0.717) is 13.0 Å². The summed E-state index contributed by atoms with van der Waals surface area (Å²) in [5, 5.41) is 6.29. The molecule has 0 radical (unpaired) electrons. The first kappa shape index (κ1) is 16.6. The lowest BCUT2D eigenvalue weighted by Gasteiger charge is -2.25. The Morgan fingerprint density at radius 3 is 2.83 bits per heavy atom. The molecular formula is C18H19ClN2O3. The van der Waals surface area contributed by atoms with Gasteiger partial charge in [-0.25, -0.2) is 0 Å². The van der Waals surface area contributed by atoms with Crippen LogP contribution in [0.3, 0.4) is 0 Å². The Hall–Kier alpha value is -2.24. The first-order valence-electron chi connectivity index (χ1n) is 7.76. The summed E-state index contributed by atoms with van der Waals surface area (Å²) in [4.78, 5) is 12.4. The van der Waals surface area contributed by atoms with Crippen molar-refractivity contribution in [3.05, 3.63) is 59.2 Å². The fraction of sp³-hybridized carbons (Fsp3) is 0.278. The van der Waals surface area contributed by atoms with Crippen LogP contribution in [0.25, 0.3) is 0 Å². The van der Waals surface area contributed by atoms with Crippen molar-refractivity contribution in [2.24, 2.45) is 0 Å². The summed E-state index contributed by atoms with van der Waals surface area (Å²) in [6.45, 7) is 1.40. The van der Waals surface area contributed by atoms with E-state index in [2.05, 4.69) is 22.8 Å². The summed E-state index contributed by atoms with van der Waals surface area (Å²) in [5.41, 5.74) is 3.44. The molecule has 0 aromatic heterocycles. The van der Waals surface area contributed by atoms with Crippen molar-refractivity contribution in [2.75, 3.05) is 6.79 Å². The van der Waals surface area contributed by atoms with Crippen molar-refractivity contribution < 1.29 is 14.3 Å². The Labute approximate surface area is 146 Å². The largest absolute Gasteiger partial charge is 0.454 e. The van der Waals surface area contributed by atoms with Gasteiger partial charge in [0.1, 0.15) is 0 Å². The molecule has 0 saturated carbocycles. The number of fused-ring (bicyclic) bond motifs is 2. The summed E-state index contributed by atoms with van der Waals surface area (Å²) in [6.07, 6.45) is 0.717. The molecule has 5 nitrogen and oxygen atoms in total. The van der Waals surface area contributed by atoms with Crippen LogP contribution < -0.4 is 20.1 Å². The van der Waals surface area contributed by atoms with Crippen molar-refractivity contribution in [2.45, 2.75) is 25.6 Å². The third kappa shape index (κ3) is 3.18. The minimum absolute atomic E-state index is 0. The normalized spacial score (nSPS) is 17.6. The highest BCUT2D eigenvalue weighted by Crippen LogP contribution is 2.35. The zero-order chi connectivity index (χ0) is 15.6. The lowest BCUT2D eigenvalue weighted by molar-refractivity contribution is -0.123. The molecule has 6 heteroatoms. The van der Waals surface area contributed by atoms with Crippen LogP contribution in [0, 0.1) is 0 Å². The Morgan fingerprint density at radius 2 is 1.96 bits per heavy atom. The first-order valence-corrected chi connectivity index (χ1v) is 7.76. The van der Waals surface area contributed by atoms with Gasteiger partial charge >= 0.3 is 0 Å². The molecule has 0 aliphatic carbocycles. The number of benzene rings is 2. The maximum atomic E-state index is 12.4. The molecule has 0 spiro atoms. The topological polar surface area (TPSA) is 59.6 Å². The Kier molecular flexibility index (Phi) is 4.92. The van der Waals surface area contributed by atoms with E-state index in [1.807, 2.05) is 30.3 Å². The van der Waals surface area contributed by atoms with Gasteiger partial charge in [0.05, 0.1) is 6.04 Å². The zero-order valence-electron chi connectivity index (χ0n) is 13.1. The summed E-state index contributed by atoms with van der Waals surface area (Å²) in [7, 11) is 0. The number of para-hydroxylation sites is 1. The number of halogens is 1. The van der Waals surface area contributed by atoms with E-state index >= 15 is 0 Å². The molecule has 0 fully saturated rings. The molecule has 1 amide bonds. The predicted molar refractivity (Wildman–Crippen MR) is 92.4 cm³/mol. The predicted octanol–water partition coefficient (Wildman–Crippen LogP) is 2.17. The van der Waals surface area contributed by atoms with Gasteiger partial charge in [0.2, 0.25) is 12.7 Å². The van der Waals surface area contributed by atoms with Crippen molar-refractivity contribution in [3.63, 3.8) is 0 Å². The first-order chi connectivity index (χ1) is 11.3. The second kappa shape index (κ2) is 7.11. The summed E-state index contributed by atoms with van der Waals surface area (Å²) >= 11 is 0. The third-order valence-electron chi connectivity index (χ3n) is 4.33. The molecule has 4 rings (SSSR count). The van der Waals surface area contributed by atoms with Crippen LogP contribution in [0.5, 0.6) is 11.5 Å². The van der Waals surface area contributed by atoms with Gasteiger partial charge in [0.15, 0.2) is 11.5 Å². The van der Waals surface area contributed by atoms with Gasteiger partial charge in [-0.15, -0.1) is 12.4 Å². The number of carbonyl (C=O) groups excluding carboxylic acids is 1. The average molecular weight is 347 g/mol. The second-order valence-corrected chi connectivity index (χ2v) is 5.78. The number of carbonyl (C=O) groups is 1. The Bertz CT molecular complexity index is 751. The summed E-state index contributed by atoms with van der Waals surface area (Å²) in [6, 6.07) is 13.8. The third-order valence-corrected chi connectivity index (χ3v) is 4.33. The van der Waals surface area contributed by atoms with Gasteiger partial charge in [-0.2, -0.15) is 0 Å². The molecule has 2 aromatic carbocycles. The highest BCUT2D eigenvalue weighted by Gasteiger charge is 2.24. The molecule has 2 aliphatic rings. The average Bonchev–Trinajstić information content (AvgIpc) is 3.08. The molecule has 2 heterocycles. The van der Waals surface area contributed by atoms with Gasteiger partial charge in [-0.1, -0.05) is 36.4 Å². The summed E-state index contributed by atoms with van der Waals surface area (Å²) < 4.78 is 10.8. The van der Waals surface area contributed by atoms with Crippen LogP contribution in [0.4, 0.5) is 0 Å². The van der Waals surface area contributed by atoms with E-state index in [0.717, 1.165) is 23.6 Å². The minimum Gasteiger partial charge on any atom is -0.454 e. The van der Waals surface area contributed by atoms with Gasteiger partial charge < -0.3 is 20.1 Å². The number of hydrogen-bond acceptors (Lipinski definition) is 4. The highest BCUT2D eigenvalue weighted by molar-refractivity contribution is 5.85. The quantitative estimate of drug-likeness (QED) is 0.894. The van der Waals surface area contributed by atoms with Crippen molar-refractivity contribution in [1.82, 2.24) is 10.6 Å². The highest BCUT2D eigenvalue weighted by atomic mass is 35.5. The van der Waals surface area contributed by atoms with Crippen LogP contribution >= 0.6 is 12.4 Å². The van der Waals surface area contributed by atoms with Crippen LogP contribution in [0.1, 0.15) is 16.7 Å². The lowest BCUT2D eigenvalue weighted by Crippen LogP contribution is -2.47. The number of amides is 1. The molecule has 2 N–H and O–H groups in total. The van der Waals surface area contributed by atoms with Crippen molar-refractivity contribution in [3.8, 4) is 11.5 Å². The maximum Gasteiger partial charge on any atom is 0.237 e. The number of ether oxygens (including phenoxy) is 2. The van der Waals surface area contributed by atoms with E-state index in [9.17, 15) is 4.79 Å². The molecule has 1 atom stereocenters.